The Hall–Kier alpha value is -3.54. The summed E-state index contributed by atoms with van der Waals surface area (Å²) in [5, 5.41) is 10.1. The molecule has 30 heavy (non-hydrogen) atoms. The number of ether oxygens (including phenoxy) is 1. The highest BCUT2D eigenvalue weighted by Crippen LogP contribution is 2.45. The average molecular weight is 395 g/mol. The number of hydrogen-bond acceptors (Lipinski definition) is 4. The molecule has 0 unspecified atom stereocenters. The van der Waals surface area contributed by atoms with Crippen molar-refractivity contribution in [3.05, 3.63) is 63.8 Å². The van der Waals surface area contributed by atoms with Gasteiger partial charge >= 0.3 is 0 Å². The van der Waals surface area contributed by atoms with Gasteiger partial charge in [0.25, 0.3) is 0 Å². The third-order valence-electron chi connectivity index (χ3n) is 6.34. The summed E-state index contributed by atoms with van der Waals surface area (Å²) in [7, 11) is 0. The predicted octanol–water partition coefficient (Wildman–Crippen LogP) is 3.73. The summed E-state index contributed by atoms with van der Waals surface area (Å²) in [6.45, 7) is 7.12. The number of hydrogen-bond donors (Lipinski definition) is 1. The van der Waals surface area contributed by atoms with E-state index >= 15 is 0 Å². The van der Waals surface area contributed by atoms with Crippen LogP contribution < -0.4 is 4.90 Å². The third-order valence-corrected chi connectivity index (χ3v) is 6.34. The summed E-state index contributed by atoms with van der Waals surface area (Å²) in [6, 6.07) is 11.5. The van der Waals surface area contributed by atoms with Crippen molar-refractivity contribution in [3.8, 4) is 18.4 Å². The smallest absolute Gasteiger partial charge is 0.195 e. The van der Waals surface area contributed by atoms with Crippen LogP contribution in [0.3, 0.4) is 0 Å². The average Bonchev–Trinajstić information content (AvgIpc) is 3.17. The minimum Gasteiger partial charge on any atom is -0.378 e. The van der Waals surface area contributed by atoms with Gasteiger partial charge in [0.15, 0.2) is 5.78 Å². The van der Waals surface area contributed by atoms with Crippen LogP contribution in [-0.2, 0) is 10.2 Å². The number of anilines is 1. The summed E-state index contributed by atoms with van der Waals surface area (Å²) in [5.41, 5.74) is 5.84. The Morgan fingerprint density at radius 1 is 1.20 bits per heavy atom. The zero-order valence-electron chi connectivity index (χ0n) is 17.0. The van der Waals surface area contributed by atoms with Gasteiger partial charge in [0.1, 0.15) is 0 Å². The molecule has 3 aromatic rings. The number of nitriles is 1. The quantitative estimate of drug-likeness (QED) is 0.638. The number of carbonyl (C=O) groups excluding carboxylic acids is 1. The van der Waals surface area contributed by atoms with E-state index < -0.39 is 5.41 Å². The van der Waals surface area contributed by atoms with Gasteiger partial charge in [-0.15, -0.1) is 6.42 Å². The third kappa shape index (κ3) is 2.49. The van der Waals surface area contributed by atoms with Crippen molar-refractivity contribution in [2.45, 2.75) is 19.3 Å². The van der Waals surface area contributed by atoms with E-state index in [0.717, 1.165) is 46.5 Å². The van der Waals surface area contributed by atoms with Gasteiger partial charge in [-0.2, -0.15) is 5.26 Å². The minimum absolute atomic E-state index is 0.0275. The molecular weight excluding hydrogens is 374 g/mol. The fraction of sp³-hybridized carbons (Fsp3) is 0.280. The molecule has 1 fully saturated rings. The first-order chi connectivity index (χ1) is 14.5. The Morgan fingerprint density at radius 3 is 2.67 bits per heavy atom. The summed E-state index contributed by atoms with van der Waals surface area (Å²) >= 11 is 0. The van der Waals surface area contributed by atoms with E-state index in [1.165, 1.54) is 0 Å². The second-order valence-electron chi connectivity index (χ2n) is 8.36. The Bertz CT molecular complexity index is 1290. The highest BCUT2D eigenvalue weighted by Gasteiger charge is 2.40. The van der Waals surface area contributed by atoms with Crippen LogP contribution in [0.15, 0.2) is 30.3 Å². The fourth-order valence-corrected chi connectivity index (χ4v) is 4.72. The van der Waals surface area contributed by atoms with Crippen molar-refractivity contribution < 1.29 is 9.53 Å². The standard InChI is InChI=1S/C25H21N3O2/c1-4-16-12-18-19(13-21(16)28-7-9-30-10-8-28)25(2,3)24-22(23(18)29)17-6-5-15(14-26)11-20(17)27-24/h1,5-6,11-13,27H,7-10H2,2-3H3. The Labute approximate surface area is 175 Å². The van der Waals surface area contributed by atoms with Crippen LogP contribution in [0.2, 0.25) is 0 Å². The van der Waals surface area contributed by atoms with E-state index in [9.17, 15) is 10.1 Å². The minimum atomic E-state index is -0.418. The lowest BCUT2D eigenvalue weighted by Gasteiger charge is -2.35. The molecule has 1 aliphatic heterocycles. The van der Waals surface area contributed by atoms with E-state index in [2.05, 4.69) is 41.8 Å². The van der Waals surface area contributed by atoms with Crippen LogP contribution >= 0.6 is 0 Å². The molecule has 2 aliphatic rings. The fourth-order valence-electron chi connectivity index (χ4n) is 4.72. The van der Waals surface area contributed by atoms with Crippen LogP contribution in [0.1, 0.15) is 52.2 Å². The maximum atomic E-state index is 13.6. The highest BCUT2D eigenvalue weighted by molar-refractivity contribution is 6.20. The van der Waals surface area contributed by atoms with Crippen LogP contribution in [0.5, 0.6) is 0 Å². The molecule has 148 valence electrons. The van der Waals surface area contributed by atoms with Crippen molar-refractivity contribution in [2.75, 3.05) is 31.2 Å². The molecule has 0 atom stereocenters. The SMILES string of the molecule is C#Cc1cc2c(cc1N1CCOCC1)C(C)(C)c1[nH]c3cc(C#N)ccc3c1C2=O. The van der Waals surface area contributed by atoms with E-state index in [1.54, 1.807) is 12.1 Å². The van der Waals surface area contributed by atoms with Crippen molar-refractivity contribution in [1.82, 2.24) is 4.98 Å². The summed E-state index contributed by atoms with van der Waals surface area (Å²) < 4.78 is 5.49. The van der Waals surface area contributed by atoms with Crippen LogP contribution in [0.4, 0.5) is 5.69 Å². The molecule has 0 radical (unpaired) electrons. The van der Waals surface area contributed by atoms with Crippen molar-refractivity contribution in [2.24, 2.45) is 0 Å². The molecule has 1 saturated heterocycles. The van der Waals surface area contributed by atoms with E-state index in [1.807, 2.05) is 12.1 Å². The lowest BCUT2D eigenvalue weighted by molar-refractivity contribution is 0.103. The number of nitrogens with one attached hydrogen (secondary N) is 1. The van der Waals surface area contributed by atoms with Gasteiger partial charge in [0, 0.05) is 46.2 Å². The first-order valence-corrected chi connectivity index (χ1v) is 10.0. The number of rotatable bonds is 1. The van der Waals surface area contributed by atoms with E-state index in [4.69, 9.17) is 11.2 Å². The van der Waals surface area contributed by atoms with E-state index in [-0.39, 0.29) is 5.78 Å². The van der Waals surface area contributed by atoms with Crippen molar-refractivity contribution in [1.29, 1.82) is 5.26 Å². The summed E-state index contributed by atoms with van der Waals surface area (Å²) in [4.78, 5) is 19.3. The predicted molar refractivity (Wildman–Crippen MR) is 116 cm³/mol. The zero-order chi connectivity index (χ0) is 21.0. The van der Waals surface area contributed by atoms with E-state index in [0.29, 0.717) is 29.9 Å². The molecule has 0 amide bonds. The molecule has 1 aliphatic carbocycles. The Kier molecular flexibility index (Phi) is 4.00. The molecule has 5 nitrogen and oxygen atoms in total. The lowest BCUT2D eigenvalue weighted by Crippen LogP contribution is -2.37. The topological polar surface area (TPSA) is 69.1 Å². The molecule has 1 N–H and O–H groups in total. The van der Waals surface area contributed by atoms with Crippen LogP contribution in [0.25, 0.3) is 10.9 Å². The normalized spacial score (nSPS) is 17.2. The molecule has 5 rings (SSSR count). The van der Waals surface area contributed by atoms with Gasteiger partial charge in [0.05, 0.1) is 36.1 Å². The molecule has 2 heterocycles. The maximum absolute atomic E-state index is 13.6. The maximum Gasteiger partial charge on any atom is 0.195 e. The first-order valence-electron chi connectivity index (χ1n) is 10.0. The van der Waals surface area contributed by atoms with Crippen LogP contribution in [0, 0.1) is 23.7 Å². The number of nitrogens with zero attached hydrogens (tertiary/aromatic N) is 2. The number of morpholine rings is 1. The first kappa shape index (κ1) is 18.5. The summed E-state index contributed by atoms with van der Waals surface area (Å²) in [6.07, 6.45) is 5.84. The van der Waals surface area contributed by atoms with Crippen molar-refractivity contribution in [3.63, 3.8) is 0 Å². The lowest BCUT2D eigenvalue weighted by atomic mass is 9.70. The number of terminal acetylenes is 1. The monoisotopic (exact) mass is 395 g/mol. The molecule has 1 aromatic heterocycles. The molecule has 0 bridgehead atoms. The second kappa shape index (κ2) is 6.49. The molecule has 0 spiro atoms. The number of fused-ring (bicyclic) bond motifs is 4. The Balaban J connectivity index is 1.75. The molecule has 0 saturated carbocycles. The zero-order valence-corrected chi connectivity index (χ0v) is 17.0. The number of ketones is 1. The number of aromatic amines is 1. The largest absolute Gasteiger partial charge is 0.378 e. The number of benzene rings is 2. The molecule has 2 aromatic carbocycles. The molecule has 5 heteroatoms. The van der Waals surface area contributed by atoms with Gasteiger partial charge in [-0.1, -0.05) is 25.8 Å². The number of carbonyl (C=O) groups is 1. The highest BCUT2D eigenvalue weighted by atomic mass is 16.5. The summed E-state index contributed by atoms with van der Waals surface area (Å²) in [5.74, 6) is 2.75. The molecular formula is C25H21N3O2. The van der Waals surface area contributed by atoms with Gasteiger partial charge in [0.2, 0.25) is 0 Å². The van der Waals surface area contributed by atoms with Crippen molar-refractivity contribution >= 4 is 22.4 Å². The van der Waals surface area contributed by atoms with Gasteiger partial charge in [-0.25, -0.2) is 0 Å². The van der Waals surface area contributed by atoms with Gasteiger partial charge in [-0.05, 0) is 29.8 Å². The number of aromatic nitrogens is 1. The number of H-pyrrole nitrogens is 1. The van der Waals surface area contributed by atoms with Gasteiger partial charge < -0.3 is 14.6 Å². The Morgan fingerprint density at radius 2 is 1.97 bits per heavy atom. The second-order valence-corrected chi connectivity index (χ2v) is 8.36. The van der Waals surface area contributed by atoms with Crippen LogP contribution in [-0.4, -0.2) is 37.1 Å². The van der Waals surface area contributed by atoms with Gasteiger partial charge in [-0.3, -0.25) is 4.79 Å².